The van der Waals surface area contributed by atoms with E-state index in [0.717, 1.165) is 12.8 Å². The second kappa shape index (κ2) is 12.9. The second-order valence-corrected chi connectivity index (χ2v) is 5.42. The summed E-state index contributed by atoms with van der Waals surface area (Å²) in [5.74, 6) is -1.77. The summed E-state index contributed by atoms with van der Waals surface area (Å²) in [5.41, 5.74) is 0. The molecular weight excluding hydrogens is 256 g/mol. The maximum atomic E-state index is 11.2. The van der Waals surface area contributed by atoms with Gasteiger partial charge in [-0.3, -0.25) is 0 Å². The van der Waals surface area contributed by atoms with Crippen LogP contribution in [0, 0.1) is 0 Å². The van der Waals surface area contributed by atoms with E-state index < -0.39 is 11.9 Å². The smallest absolute Gasteiger partial charge is 0.417 e. The summed E-state index contributed by atoms with van der Waals surface area (Å²) in [7, 11) is 0. The van der Waals surface area contributed by atoms with Gasteiger partial charge in [0.15, 0.2) is 0 Å². The summed E-state index contributed by atoms with van der Waals surface area (Å²) in [4.78, 5) is 22.4. The van der Waals surface area contributed by atoms with E-state index in [2.05, 4.69) is 6.92 Å². The Morgan fingerprint density at radius 1 is 0.800 bits per heavy atom. The number of carbonyl (C=O) groups is 2. The second-order valence-electron chi connectivity index (χ2n) is 5.42. The molecule has 0 unspecified atom stereocenters. The van der Waals surface area contributed by atoms with E-state index in [9.17, 15) is 9.59 Å². The molecular formula is C16H30O4. The van der Waals surface area contributed by atoms with Crippen molar-refractivity contribution in [2.24, 2.45) is 0 Å². The standard InChI is InChI=1S/C16H30O4/c1-4-5-6-7-8-9-10-11-12-13-19-15(17)16(18)20-14(2)3/h14H,4-13H2,1-3H3. The van der Waals surface area contributed by atoms with Crippen LogP contribution in [-0.4, -0.2) is 24.6 Å². The van der Waals surface area contributed by atoms with Crippen LogP contribution in [0.3, 0.4) is 0 Å². The van der Waals surface area contributed by atoms with Crippen molar-refractivity contribution in [3.63, 3.8) is 0 Å². The lowest BCUT2D eigenvalue weighted by atomic mass is 10.1. The van der Waals surface area contributed by atoms with Gasteiger partial charge in [0.05, 0.1) is 12.7 Å². The molecule has 4 nitrogen and oxygen atoms in total. The summed E-state index contributed by atoms with van der Waals surface area (Å²) in [6, 6.07) is 0. The predicted octanol–water partition coefficient (Wildman–Crippen LogP) is 4.01. The van der Waals surface area contributed by atoms with Gasteiger partial charge in [-0.1, -0.05) is 58.3 Å². The summed E-state index contributed by atoms with van der Waals surface area (Å²) < 4.78 is 9.59. The van der Waals surface area contributed by atoms with Gasteiger partial charge in [0.1, 0.15) is 0 Å². The fourth-order valence-corrected chi connectivity index (χ4v) is 1.90. The van der Waals surface area contributed by atoms with Crippen LogP contribution >= 0.6 is 0 Å². The summed E-state index contributed by atoms with van der Waals surface area (Å²) in [6.07, 6.45) is 10.6. The Morgan fingerprint density at radius 2 is 1.30 bits per heavy atom. The number of unbranched alkanes of at least 4 members (excludes halogenated alkanes) is 8. The fraction of sp³-hybridized carbons (Fsp3) is 0.875. The minimum Gasteiger partial charge on any atom is -0.457 e. The molecule has 0 aromatic heterocycles. The molecule has 0 aromatic carbocycles. The maximum Gasteiger partial charge on any atom is 0.417 e. The molecule has 0 atom stereocenters. The third-order valence-corrected chi connectivity index (χ3v) is 2.99. The molecule has 0 N–H and O–H groups in total. The molecule has 0 aromatic rings. The van der Waals surface area contributed by atoms with Crippen molar-refractivity contribution in [3.05, 3.63) is 0 Å². The Hall–Kier alpha value is -1.06. The predicted molar refractivity (Wildman–Crippen MR) is 79.4 cm³/mol. The molecule has 0 aliphatic carbocycles. The number of esters is 2. The zero-order valence-electron chi connectivity index (χ0n) is 13.3. The van der Waals surface area contributed by atoms with Gasteiger partial charge >= 0.3 is 11.9 Å². The Labute approximate surface area is 123 Å². The molecule has 0 bridgehead atoms. The highest BCUT2D eigenvalue weighted by atomic mass is 16.6. The number of rotatable bonds is 11. The van der Waals surface area contributed by atoms with Gasteiger partial charge in [0.25, 0.3) is 0 Å². The normalized spacial score (nSPS) is 10.6. The molecule has 0 heterocycles. The Bertz CT molecular complexity index is 261. The van der Waals surface area contributed by atoms with Crippen molar-refractivity contribution in [1.29, 1.82) is 0 Å². The minimum atomic E-state index is -0.893. The highest BCUT2D eigenvalue weighted by Gasteiger charge is 2.17. The molecule has 0 spiro atoms. The van der Waals surface area contributed by atoms with Crippen LogP contribution in [0.25, 0.3) is 0 Å². The molecule has 0 rings (SSSR count). The molecule has 0 amide bonds. The molecule has 4 heteroatoms. The lowest BCUT2D eigenvalue weighted by Gasteiger charge is -2.07. The van der Waals surface area contributed by atoms with Crippen LogP contribution < -0.4 is 0 Å². The lowest BCUT2D eigenvalue weighted by Crippen LogP contribution is -2.23. The lowest BCUT2D eigenvalue weighted by molar-refractivity contribution is -0.170. The highest BCUT2D eigenvalue weighted by Crippen LogP contribution is 2.09. The first-order valence-corrected chi connectivity index (χ1v) is 7.95. The Balaban J connectivity index is 3.31. The van der Waals surface area contributed by atoms with E-state index >= 15 is 0 Å². The van der Waals surface area contributed by atoms with E-state index in [1.807, 2.05) is 0 Å². The van der Waals surface area contributed by atoms with Crippen LogP contribution in [0.2, 0.25) is 0 Å². The third-order valence-electron chi connectivity index (χ3n) is 2.99. The molecule has 118 valence electrons. The first-order valence-electron chi connectivity index (χ1n) is 7.95. The van der Waals surface area contributed by atoms with Crippen molar-refractivity contribution < 1.29 is 19.1 Å². The number of hydrogen-bond acceptors (Lipinski definition) is 4. The third kappa shape index (κ3) is 12.0. The van der Waals surface area contributed by atoms with Crippen molar-refractivity contribution in [3.8, 4) is 0 Å². The Kier molecular flexibility index (Phi) is 12.3. The van der Waals surface area contributed by atoms with Gasteiger partial charge in [-0.2, -0.15) is 0 Å². The average molecular weight is 286 g/mol. The van der Waals surface area contributed by atoms with Crippen LogP contribution in [-0.2, 0) is 19.1 Å². The molecule has 0 saturated heterocycles. The van der Waals surface area contributed by atoms with E-state index in [1.165, 1.54) is 44.9 Å². The van der Waals surface area contributed by atoms with Gasteiger partial charge in [0, 0.05) is 0 Å². The topological polar surface area (TPSA) is 52.6 Å². The summed E-state index contributed by atoms with van der Waals surface area (Å²) in [5, 5.41) is 0. The molecule has 0 saturated carbocycles. The number of ether oxygens (including phenoxy) is 2. The van der Waals surface area contributed by atoms with E-state index in [0.29, 0.717) is 6.61 Å². The van der Waals surface area contributed by atoms with E-state index in [4.69, 9.17) is 9.47 Å². The number of carbonyl (C=O) groups excluding carboxylic acids is 2. The van der Waals surface area contributed by atoms with Crippen LogP contribution in [0.4, 0.5) is 0 Å². The zero-order valence-corrected chi connectivity index (χ0v) is 13.3. The molecule has 0 aliphatic heterocycles. The van der Waals surface area contributed by atoms with Crippen molar-refractivity contribution in [2.75, 3.05) is 6.61 Å². The molecule has 0 radical (unpaired) electrons. The van der Waals surface area contributed by atoms with Crippen molar-refractivity contribution >= 4 is 11.9 Å². The highest BCUT2D eigenvalue weighted by molar-refractivity contribution is 6.29. The summed E-state index contributed by atoms with van der Waals surface area (Å²) in [6.45, 7) is 5.93. The monoisotopic (exact) mass is 286 g/mol. The number of hydrogen-bond donors (Lipinski definition) is 0. The summed E-state index contributed by atoms with van der Waals surface area (Å²) >= 11 is 0. The average Bonchev–Trinajstić information content (AvgIpc) is 2.39. The van der Waals surface area contributed by atoms with E-state index in [-0.39, 0.29) is 6.10 Å². The van der Waals surface area contributed by atoms with Gasteiger partial charge in [-0.25, -0.2) is 9.59 Å². The molecule has 20 heavy (non-hydrogen) atoms. The molecule has 0 aliphatic rings. The molecule has 0 fully saturated rings. The Morgan fingerprint density at radius 3 is 1.80 bits per heavy atom. The van der Waals surface area contributed by atoms with Gasteiger partial charge < -0.3 is 9.47 Å². The SMILES string of the molecule is CCCCCCCCCCCOC(=O)C(=O)OC(C)C. The zero-order chi connectivity index (χ0) is 15.2. The van der Waals surface area contributed by atoms with Crippen LogP contribution in [0.15, 0.2) is 0 Å². The minimum absolute atomic E-state index is 0.289. The van der Waals surface area contributed by atoms with Crippen LogP contribution in [0.5, 0.6) is 0 Å². The first kappa shape index (κ1) is 18.9. The largest absolute Gasteiger partial charge is 0.457 e. The van der Waals surface area contributed by atoms with Gasteiger partial charge in [0.2, 0.25) is 0 Å². The van der Waals surface area contributed by atoms with Gasteiger partial charge in [-0.05, 0) is 20.3 Å². The quantitative estimate of drug-likeness (QED) is 0.327. The van der Waals surface area contributed by atoms with E-state index in [1.54, 1.807) is 13.8 Å². The maximum absolute atomic E-state index is 11.2. The van der Waals surface area contributed by atoms with Crippen molar-refractivity contribution in [1.82, 2.24) is 0 Å². The van der Waals surface area contributed by atoms with Crippen molar-refractivity contribution in [2.45, 2.75) is 84.7 Å². The fourth-order valence-electron chi connectivity index (χ4n) is 1.90. The van der Waals surface area contributed by atoms with Gasteiger partial charge in [-0.15, -0.1) is 0 Å². The first-order chi connectivity index (χ1) is 9.57. The van der Waals surface area contributed by atoms with Crippen LogP contribution in [0.1, 0.15) is 78.6 Å².